The number of carboxylic acid groups (broad SMARTS) is 2. The molecule has 0 radical (unpaired) electrons. The standard InChI is InChI=1S/C27H27NO5S/c29-26(30)15-13-24-25(33-16-5-4-9-20-7-2-1-3-8-20)14-12-23(28-24)19-34-18-21-10-6-11-22(17-21)27(31)32/h1-3,6-8,10-15,17H,4-5,9,16,18-19H2,(H,29,30)(H,31,32). The number of carbonyl (C=O) groups is 2. The molecular weight excluding hydrogens is 450 g/mol. The maximum absolute atomic E-state index is 11.1. The molecule has 0 spiro atoms. The van der Waals surface area contributed by atoms with Gasteiger partial charge in [-0.1, -0.05) is 42.5 Å². The first kappa shape index (κ1) is 25.1. The summed E-state index contributed by atoms with van der Waals surface area (Å²) >= 11 is 1.60. The monoisotopic (exact) mass is 477 g/mol. The van der Waals surface area contributed by atoms with Gasteiger partial charge in [-0.3, -0.25) is 0 Å². The molecule has 2 N–H and O–H groups in total. The van der Waals surface area contributed by atoms with Crippen LogP contribution in [0.5, 0.6) is 5.75 Å². The van der Waals surface area contributed by atoms with E-state index in [4.69, 9.17) is 14.9 Å². The lowest BCUT2D eigenvalue weighted by Crippen LogP contribution is -2.02. The molecule has 34 heavy (non-hydrogen) atoms. The number of hydrogen-bond acceptors (Lipinski definition) is 5. The summed E-state index contributed by atoms with van der Waals surface area (Å²) in [5, 5.41) is 18.1. The number of carboxylic acids is 2. The summed E-state index contributed by atoms with van der Waals surface area (Å²) in [6.45, 7) is 0.524. The lowest BCUT2D eigenvalue weighted by Gasteiger charge is -2.11. The third-order valence-electron chi connectivity index (χ3n) is 4.98. The lowest BCUT2D eigenvalue weighted by molar-refractivity contribution is -0.131. The van der Waals surface area contributed by atoms with E-state index in [0.29, 0.717) is 29.6 Å². The van der Waals surface area contributed by atoms with Crippen LogP contribution in [-0.2, 0) is 22.7 Å². The summed E-state index contributed by atoms with van der Waals surface area (Å²) < 4.78 is 5.90. The van der Waals surface area contributed by atoms with Crippen LogP contribution in [0, 0.1) is 0 Å². The van der Waals surface area contributed by atoms with E-state index in [1.807, 2.05) is 36.4 Å². The number of aromatic nitrogens is 1. The number of unbranched alkanes of at least 4 members (excludes halogenated alkanes) is 1. The van der Waals surface area contributed by atoms with Gasteiger partial charge in [-0.2, -0.15) is 11.8 Å². The summed E-state index contributed by atoms with van der Waals surface area (Å²) in [5.41, 5.74) is 3.76. The fraction of sp³-hybridized carbons (Fsp3) is 0.222. The van der Waals surface area contributed by atoms with Crippen molar-refractivity contribution in [2.45, 2.75) is 30.8 Å². The Morgan fingerprint density at radius 2 is 1.71 bits per heavy atom. The zero-order valence-corrected chi connectivity index (χ0v) is 19.5. The molecule has 0 unspecified atom stereocenters. The van der Waals surface area contributed by atoms with Gasteiger partial charge in [0, 0.05) is 17.6 Å². The van der Waals surface area contributed by atoms with Gasteiger partial charge in [0.15, 0.2) is 0 Å². The third kappa shape index (κ3) is 8.41. The predicted molar refractivity (Wildman–Crippen MR) is 134 cm³/mol. The van der Waals surface area contributed by atoms with Crippen LogP contribution < -0.4 is 4.74 Å². The SMILES string of the molecule is O=C(O)C=Cc1nc(CSCc2cccc(C(=O)O)c2)ccc1OCCCCc1ccccc1. The summed E-state index contributed by atoms with van der Waals surface area (Å²) in [4.78, 5) is 26.7. The Kier molecular flexibility index (Phi) is 9.73. The Morgan fingerprint density at radius 3 is 2.47 bits per heavy atom. The molecule has 176 valence electrons. The van der Waals surface area contributed by atoms with Crippen molar-refractivity contribution in [2.24, 2.45) is 0 Å². The Bertz CT molecular complexity index is 1130. The molecule has 0 saturated heterocycles. The first-order chi connectivity index (χ1) is 16.5. The highest BCUT2D eigenvalue weighted by Crippen LogP contribution is 2.23. The Labute approximate surface area is 203 Å². The largest absolute Gasteiger partial charge is 0.491 e. The summed E-state index contributed by atoms with van der Waals surface area (Å²) in [6.07, 6.45) is 5.37. The summed E-state index contributed by atoms with van der Waals surface area (Å²) in [6, 6.07) is 20.9. The maximum Gasteiger partial charge on any atom is 0.335 e. The highest BCUT2D eigenvalue weighted by Gasteiger charge is 2.08. The fourth-order valence-electron chi connectivity index (χ4n) is 3.30. The quantitative estimate of drug-likeness (QED) is 0.240. The van der Waals surface area contributed by atoms with Crippen LogP contribution in [0.15, 0.2) is 72.8 Å². The molecule has 3 aromatic rings. The van der Waals surface area contributed by atoms with Crippen molar-refractivity contribution in [3.63, 3.8) is 0 Å². The molecule has 1 heterocycles. The highest BCUT2D eigenvalue weighted by molar-refractivity contribution is 7.97. The molecule has 7 heteroatoms. The minimum Gasteiger partial charge on any atom is -0.491 e. The Balaban J connectivity index is 1.55. The third-order valence-corrected chi connectivity index (χ3v) is 6.02. The zero-order valence-electron chi connectivity index (χ0n) is 18.7. The number of thioether (sulfide) groups is 1. The molecule has 0 atom stereocenters. The van der Waals surface area contributed by atoms with Gasteiger partial charge in [0.25, 0.3) is 0 Å². The summed E-state index contributed by atoms with van der Waals surface area (Å²) in [7, 11) is 0. The van der Waals surface area contributed by atoms with Crippen molar-refractivity contribution in [3.05, 3.63) is 101 Å². The van der Waals surface area contributed by atoms with E-state index in [0.717, 1.165) is 36.6 Å². The van der Waals surface area contributed by atoms with Crippen LogP contribution >= 0.6 is 11.8 Å². The molecule has 0 bridgehead atoms. The normalized spacial score (nSPS) is 10.9. The molecule has 0 aliphatic rings. The van der Waals surface area contributed by atoms with E-state index in [2.05, 4.69) is 17.1 Å². The summed E-state index contributed by atoms with van der Waals surface area (Å²) in [5.74, 6) is -0.196. The van der Waals surface area contributed by atoms with Gasteiger partial charge in [0.2, 0.25) is 0 Å². The number of nitrogens with zero attached hydrogens (tertiary/aromatic N) is 1. The van der Waals surface area contributed by atoms with Crippen molar-refractivity contribution in [2.75, 3.05) is 6.61 Å². The number of hydrogen-bond donors (Lipinski definition) is 2. The van der Waals surface area contributed by atoms with E-state index in [1.54, 1.807) is 30.0 Å². The van der Waals surface area contributed by atoms with Gasteiger partial charge < -0.3 is 14.9 Å². The first-order valence-corrected chi connectivity index (χ1v) is 12.1. The molecule has 2 aromatic carbocycles. The van der Waals surface area contributed by atoms with Crippen LogP contribution in [0.4, 0.5) is 0 Å². The molecule has 0 aliphatic carbocycles. The second-order valence-electron chi connectivity index (χ2n) is 7.65. The van der Waals surface area contributed by atoms with Gasteiger partial charge in [-0.15, -0.1) is 0 Å². The molecule has 0 amide bonds. The Hall–Kier alpha value is -3.58. The van der Waals surface area contributed by atoms with Crippen molar-refractivity contribution >= 4 is 29.8 Å². The second kappa shape index (κ2) is 13.2. The second-order valence-corrected chi connectivity index (χ2v) is 8.63. The van der Waals surface area contributed by atoms with Gasteiger partial charge in [0.05, 0.1) is 17.9 Å². The lowest BCUT2D eigenvalue weighted by atomic mass is 10.1. The molecular formula is C27H27NO5S. The highest BCUT2D eigenvalue weighted by atomic mass is 32.2. The van der Waals surface area contributed by atoms with Crippen LogP contribution in [0.25, 0.3) is 6.08 Å². The first-order valence-electron chi connectivity index (χ1n) is 11.0. The number of aliphatic carboxylic acids is 1. The molecule has 6 nitrogen and oxygen atoms in total. The topological polar surface area (TPSA) is 96.7 Å². The zero-order chi connectivity index (χ0) is 24.2. The van der Waals surface area contributed by atoms with E-state index in [1.165, 1.54) is 11.6 Å². The van der Waals surface area contributed by atoms with E-state index in [9.17, 15) is 9.59 Å². The van der Waals surface area contributed by atoms with Crippen LogP contribution in [0.1, 0.15) is 45.7 Å². The van der Waals surface area contributed by atoms with E-state index < -0.39 is 11.9 Å². The average Bonchev–Trinajstić information content (AvgIpc) is 2.84. The van der Waals surface area contributed by atoms with E-state index in [-0.39, 0.29) is 5.56 Å². The maximum atomic E-state index is 11.1. The van der Waals surface area contributed by atoms with Gasteiger partial charge in [-0.25, -0.2) is 14.6 Å². The molecule has 1 aromatic heterocycles. The van der Waals surface area contributed by atoms with Crippen LogP contribution in [0.2, 0.25) is 0 Å². The van der Waals surface area contributed by atoms with Gasteiger partial charge >= 0.3 is 11.9 Å². The molecule has 0 aliphatic heterocycles. The minimum absolute atomic E-state index is 0.266. The number of benzene rings is 2. The number of aryl methyl sites for hydroxylation is 1. The molecule has 0 fully saturated rings. The number of ether oxygens (including phenoxy) is 1. The predicted octanol–water partition coefficient (Wildman–Crippen LogP) is 5.71. The molecule has 3 rings (SSSR count). The van der Waals surface area contributed by atoms with Crippen LogP contribution in [-0.4, -0.2) is 33.7 Å². The van der Waals surface area contributed by atoms with Crippen molar-refractivity contribution in [3.8, 4) is 5.75 Å². The smallest absolute Gasteiger partial charge is 0.335 e. The minimum atomic E-state index is -1.05. The van der Waals surface area contributed by atoms with E-state index >= 15 is 0 Å². The number of aromatic carboxylic acids is 1. The molecule has 0 saturated carbocycles. The van der Waals surface area contributed by atoms with Crippen molar-refractivity contribution < 1.29 is 24.5 Å². The Morgan fingerprint density at radius 1 is 0.912 bits per heavy atom. The van der Waals surface area contributed by atoms with Crippen molar-refractivity contribution in [1.82, 2.24) is 4.98 Å². The van der Waals surface area contributed by atoms with Gasteiger partial charge in [-0.05, 0) is 60.7 Å². The van der Waals surface area contributed by atoms with Crippen LogP contribution in [0.3, 0.4) is 0 Å². The van der Waals surface area contributed by atoms with Gasteiger partial charge in [0.1, 0.15) is 11.4 Å². The fourth-order valence-corrected chi connectivity index (χ4v) is 4.19. The van der Waals surface area contributed by atoms with Crippen molar-refractivity contribution in [1.29, 1.82) is 0 Å². The number of pyridine rings is 1. The average molecular weight is 478 g/mol. The number of rotatable bonds is 13.